The van der Waals surface area contributed by atoms with Crippen molar-refractivity contribution in [2.45, 2.75) is 44.4 Å². The molecule has 0 aliphatic carbocycles. The van der Waals surface area contributed by atoms with E-state index >= 15 is 0 Å². The summed E-state index contributed by atoms with van der Waals surface area (Å²) in [6, 6.07) is 15.6. The molecule has 2 atom stereocenters. The van der Waals surface area contributed by atoms with Gasteiger partial charge in [0.25, 0.3) is 0 Å². The lowest BCUT2D eigenvalue weighted by Gasteiger charge is -2.44. The number of halogens is 1. The summed E-state index contributed by atoms with van der Waals surface area (Å²) in [6.45, 7) is 0.296. The molecule has 2 aromatic carbocycles. The normalized spacial score (nSPS) is 21.1. The molecule has 1 amide bonds. The number of rotatable bonds is 4. The predicted octanol–water partition coefficient (Wildman–Crippen LogP) is 5.70. The van der Waals surface area contributed by atoms with E-state index in [1.807, 2.05) is 53.4 Å². The molecule has 0 radical (unpaired) electrons. The third-order valence-corrected chi connectivity index (χ3v) is 5.88. The highest BCUT2D eigenvalue weighted by atomic mass is 35.5. The van der Waals surface area contributed by atoms with E-state index in [0.29, 0.717) is 11.6 Å². The fourth-order valence-corrected chi connectivity index (χ4v) is 4.57. The van der Waals surface area contributed by atoms with Crippen LogP contribution in [0, 0.1) is 0 Å². The van der Waals surface area contributed by atoms with Crippen molar-refractivity contribution in [2.24, 2.45) is 0 Å². The number of hydrogen-bond donors (Lipinski definition) is 0. The van der Waals surface area contributed by atoms with Crippen LogP contribution in [0.4, 0.5) is 4.79 Å². The maximum atomic E-state index is 12.8. The molecule has 4 rings (SSSR count). The molecule has 5 heteroatoms. The van der Waals surface area contributed by atoms with Crippen LogP contribution in [0.3, 0.4) is 0 Å². The molecule has 4 nitrogen and oxygen atoms in total. The standard InChI is InChI=1S/C23H24ClNO3/c1-27-21-12-6-11-20(24)22(21)17-13-18-9-5-10-19(14-17)25(18)23(26)28-15-16-7-3-2-4-8-16/h2-4,6-8,11-13,18-19H,5,9-10,14-15H2,1H3. The molecular formula is C23H24ClNO3. The summed E-state index contributed by atoms with van der Waals surface area (Å²) in [5.41, 5.74) is 3.10. The fourth-order valence-electron chi connectivity index (χ4n) is 4.28. The van der Waals surface area contributed by atoms with Gasteiger partial charge >= 0.3 is 6.09 Å². The Morgan fingerprint density at radius 1 is 1.14 bits per heavy atom. The Labute approximate surface area is 170 Å². The van der Waals surface area contributed by atoms with Crippen LogP contribution in [0.25, 0.3) is 5.57 Å². The Balaban J connectivity index is 1.55. The Hall–Kier alpha value is -2.46. The summed E-state index contributed by atoms with van der Waals surface area (Å²) in [5, 5.41) is 0.684. The molecule has 2 bridgehead atoms. The quantitative estimate of drug-likeness (QED) is 0.664. The van der Waals surface area contributed by atoms with Gasteiger partial charge in [0.1, 0.15) is 12.4 Å². The van der Waals surface area contributed by atoms with E-state index in [4.69, 9.17) is 21.1 Å². The monoisotopic (exact) mass is 397 g/mol. The molecule has 2 heterocycles. The zero-order valence-electron chi connectivity index (χ0n) is 15.9. The second kappa shape index (κ2) is 8.27. The topological polar surface area (TPSA) is 38.8 Å². The molecule has 2 aromatic rings. The van der Waals surface area contributed by atoms with Crippen LogP contribution in [0.2, 0.25) is 5.02 Å². The molecule has 2 aliphatic heterocycles. The van der Waals surface area contributed by atoms with Gasteiger partial charge in [-0.25, -0.2) is 4.79 Å². The average molecular weight is 398 g/mol. The lowest BCUT2D eigenvalue weighted by molar-refractivity contribution is 0.0510. The van der Waals surface area contributed by atoms with Crippen LogP contribution in [0.15, 0.2) is 54.6 Å². The number of hydrogen-bond acceptors (Lipinski definition) is 3. The molecule has 0 N–H and O–H groups in total. The summed E-state index contributed by atoms with van der Waals surface area (Å²) in [7, 11) is 1.66. The van der Waals surface area contributed by atoms with Gasteiger partial charge in [0.2, 0.25) is 0 Å². The van der Waals surface area contributed by atoms with Crippen LogP contribution in [-0.4, -0.2) is 30.2 Å². The van der Waals surface area contributed by atoms with E-state index in [-0.39, 0.29) is 18.2 Å². The zero-order valence-corrected chi connectivity index (χ0v) is 16.7. The molecule has 0 aromatic heterocycles. The second-order valence-corrected chi connectivity index (χ2v) is 7.72. The van der Waals surface area contributed by atoms with Crippen molar-refractivity contribution in [1.29, 1.82) is 0 Å². The van der Waals surface area contributed by atoms with Crippen molar-refractivity contribution >= 4 is 23.3 Å². The van der Waals surface area contributed by atoms with E-state index in [2.05, 4.69) is 6.08 Å². The largest absolute Gasteiger partial charge is 0.496 e. The van der Waals surface area contributed by atoms with Gasteiger partial charge in [-0.3, -0.25) is 4.90 Å². The van der Waals surface area contributed by atoms with Crippen molar-refractivity contribution in [3.05, 3.63) is 70.8 Å². The number of ether oxygens (including phenoxy) is 2. The maximum absolute atomic E-state index is 12.8. The Bertz CT molecular complexity index is 881. The minimum Gasteiger partial charge on any atom is -0.496 e. The minimum atomic E-state index is -0.236. The van der Waals surface area contributed by atoms with E-state index in [1.165, 1.54) is 0 Å². The van der Waals surface area contributed by atoms with Gasteiger partial charge in [-0.2, -0.15) is 0 Å². The SMILES string of the molecule is COc1cccc(Cl)c1C1=CC2CCCC(C1)N2C(=O)OCc1ccccc1. The number of piperidine rings is 1. The number of nitrogens with zero attached hydrogens (tertiary/aromatic N) is 1. The lowest BCUT2D eigenvalue weighted by Crippen LogP contribution is -2.51. The number of methoxy groups -OCH3 is 1. The van der Waals surface area contributed by atoms with E-state index in [1.54, 1.807) is 7.11 Å². The third-order valence-electron chi connectivity index (χ3n) is 5.57. The summed E-state index contributed by atoms with van der Waals surface area (Å²) < 4.78 is 11.2. The van der Waals surface area contributed by atoms with Crippen molar-refractivity contribution in [2.75, 3.05) is 7.11 Å². The van der Waals surface area contributed by atoms with E-state index < -0.39 is 0 Å². The summed E-state index contributed by atoms with van der Waals surface area (Å²) >= 11 is 6.49. The molecule has 1 saturated heterocycles. The van der Waals surface area contributed by atoms with Crippen LogP contribution < -0.4 is 4.74 Å². The highest BCUT2D eigenvalue weighted by Gasteiger charge is 2.39. The Kier molecular flexibility index (Phi) is 5.58. The van der Waals surface area contributed by atoms with Crippen molar-refractivity contribution in [1.82, 2.24) is 4.90 Å². The molecular weight excluding hydrogens is 374 g/mol. The van der Waals surface area contributed by atoms with Gasteiger partial charge in [-0.15, -0.1) is 0 Å². The van der Waals surface area contributed by atoms with Crippen LogP contribution >= 0.6 is 11.6 Å². The van der Waals surface area contributed by atoms with Crippen molar-refractivity contribution < 1.29 is 14.3 Å². The number of benzene rings is 2. The predicted molar refractivity (Wildman–Crippen MR) is 110 cm³/mol. The van der Waals surface area contributed by atoms with Crippen LogP contribution in [0.1, 0.15) is 36.8 Å². The molecule has 0 spiro atoms. The van der Waals surface area contributed by atoms with Crippen LogP contribution in [-0.2, 0) is 11.3 Å². The van der Waals surface area contributed by atoms with Crippen LogP contribution in [0.5, 0.6) is 5.75 Å². The van der Waals surface area contributed by atoms with Crippen molar-refractivity contribution in [3.8, 4) is 5.75 Å². The lowest BCUT2D eigenvalue weighted by atomic mass is 9.83. The first kappa shape index (κ1) is 18.9. The smallest absolute Gasteiger partial charge is 0.410 e. The number of amides is 1. The summed E-state index contributed by atoms with van der Waals surface area (Å²) in [5.74, 6) is 0.775. The molecule has 2 aliphatic rings. The highest BCUT2D eigenvalue weighted by molar-refractivity contribution is 6.32. The zero-order chi connectivity index (χ0) is 19.5. The van der Waals surface area contributed by atoms with Gasteiger partial charge in [0.05, 0.1) is 18.2 Å². The first-order valence-corrected chi connectivity index (χ1v) is 10.1. The van der Waals surface area contributed by atoms with Gasteiger partial charge in [0.15, 0.2) is 0 Å². The van der Waals surface area contributed by atoms with Crippen molar-refractivity contribution in [3.63, 3.8) is 0 Å². The molecule has 146 valence electrons. The van der Waals surface area contributed by atoms with Gasteiger partial charge < -0.3 is 9.47 Å². The molecule has 0 saturated carbocycles. The average Bonchev–Trinajstić information content (AvgIpc) is 2.71. The summed E-state index contributed by atoms with van der Waals surface area (Å²) in [6.07, 6.45) is 5.72. The maximum Gasteiger partial charge on any atom is 0.410 e. The van der Waals surface area contributed by atoms with E-state index in [9.17, 15) is 4.79 Å². The summed E-state index contributed by atoms with van der Waals surface area (Å²) in [4.78, 5) is 14.8. The minimum absolute atomic E-state index is 0.0340. The number of carbonyl (C=O) groups is 1. The third kappa shape index (κ3) is 3.74. The first-order chi connectivity index (χ1) is 13.7. The number of fused-ring (bicyclic) bond motifs is 2. The first-order valence-electron chi connectivity index (χ1n) is 9.70. The molecule has 1 fully saturated rings. The Morgan fingerprint density at radius 2 is 1.96 bits per heavy atom. The molecule has 2 unspecified atom stereocenters. The van der Waals surface area contributed by atoms with Gasteiger partial charge in [-0.1, -0.05) is 54.1 Å². The van der Waals surface area contributed by atoms with Gasteiger partial charge in [0, 0.05) is 11.6 Å². The molecule has 28 heavy (non-hydrogen) atoms. The number of carbonyl (C=O) groups excluding carboxylic acids is 1. The van der Waals surface area contributed by atoms with E-state index in [0.717, 1.165) is 48.1 Å². The van der Waals surface area contributed by atoms with Gasteiger partial charge in [-0.05, 0) is 49.0 Å². The highest BCUT2D eigenvalue weighted by Crippen LogP contribution is 2.42. The Morgan fingerprint density at radius 3 is 2.71 bits per heavy atom. The second-order valence-electron chi connectivity index (χ2n) is 7.31. The fraction of sp³-hybridized carbons (Fsp3) is 0.348.